The lowest BCUT2D eigenvalue weighted by Gasteiger charge is -2.16. The van der Waals surface area contributed by atoms with Crippen molar-refractivity contribution < 1.29 is 19.1 Å². The number of carbonyl (C=O) groups is 2. The van der Waals surface area contributed by atoms with E-state index in [4.69, 9.17) is 15.2 Å². The third-order valence-electron chi connectivity index (χ3n) is 2.88. The molecule has 0 aliphatic rings. The smallest absolute Gasteiger partial charge is 0.260 e. The Hall–Kier alpha value is -2.08. The van der Waals surface area contributed by atoms with E-state index in [0.29, 0.717) is 30.2 Å². The van der Waals surface area contributed by atoms with Crippen LogP contribution in [0.25, 0.3) is 0 Å². The van der Waals surface area contributed by atoms with Gasteiger partial charge in [-0.2, -0.15) is 0 Å². The number of rotatable bonds is 8. The molecule has 3 N–H and O–H groups in total. The van der Waals surface area contributed by atoms with E-state index in [9.17, 15) is 9.59 Å². The molecule has 21 heavy (non-hydrogen) atoms. The zero-order valence-electron chi connectivity index (χ0n) is 12.6. The van der Waals surface area contributed by atoms with Crippen LogP contribution in [0, 0.1) is 0 Å². The normalized spacial score (nSPS) is 11.8. The van der Waals surface area contributed by atoms with E-state index in [-0.39, 0.29) is 11.7 Å². The SMILES string of the molecule is COCCCNC(=O)C(C)Oc1ccc(N)cc1C(C)=O. The van der Waals surface area contributed by atoms with Crippen molar-refractivity contribution >= 4 is 17.4 Å². The second-order valence-corrected chi connectivity index (χ2v) is 4.71. The summed E-state index contributed by atoms with van der Waals surface area (Å²) in [5, 5.41) is 2.74. The first kappa shape index (κ1) is 17.0. The minimum absolute atomic E-state index is 0.162. The summed E-state index contributed by atoms with van der Waals surface area (Å²) in [4.78, 5) is 23.4. The van der Waals surface area contributed by atoms with Crippen LogP contribution in [0.3, 0.4) is 0 Å². The topological polar surface area (TPSA) is 90.7 Å². The third kappa shape index (κ3) is 5.43. The van der Waals surface area contributed by atoms with Crippen LogP contribution >= 0.6 is 0 Å². The van der Waals surface area contributed by atoms with Crippen molar-refractivity contribution in [1.29, 1.82) is 0 Å². The number of nitrogen functional groups attached to an aromatic ring is 1. The van der Waals surface area contributed by atoms with Crippen molar-refractivity contribution in [2.24, 2.45) is 0 Å². The molecule has 0 aliphatic carbocycles. The van der Waals surface area contributed by atoms with Gasteiger partial charge in [0.1, 0.15) is 5.75 Å². The Labute approximate surface area is 124 Å². The first-order chi connectivity index (χ1) is 9.95. The Balaban J connectivity index is 2.63. The average molecular weight is 294 g/mol. The van der Waals surface area contributed by atoms with Crippen molar-refractivity contribution in [1.82, 2.24) is 5.32 Å². The molecular formula is C15H22N2O4. The average Bonchev–Trinajstić information content (AvgIpc) is 2.44. The molecule has 1 atom stereocenters. The monoisotopic (exact) mass is 294 g/mol. The molecular weight excluding hydrogens is 272 g/mol. The molecule has 0 spiro atoms. The molecule has 0 saturated heterocycles. The van der Waals surface area contributed by atoms with E-state index in [1.165, 1.54) is 6.92 Å². The standard InChI is InChI=1S/C15H22N2O4/c1-10(18)13-9-12(16)5-6-14(13)21-11(2)15(19)17-7-4-8-20-3/h5-6,9,11H,4,7-8,16H2,1-3H3,(H,17,19). The van der Waals surface area contributed by atoms with Gasteiger partial charge in [0, 0.05) is 25.9 Å². The predicted octanol–water partition coefficient (Wildman–Crippen LogP) is 1.39. The highest BCUT2D eigenvalue weighted by Gasteiger charge is 2.17. The molecule has 0 bridgehead atoms. The molecule has 116 valence electrons. The minimum atomic E-state index is -0.700. The molecule has 1 rings (SSSR count). The van der Waals surface area contributed by atoms with Gasteiger partial charge < -0.3 is 20.5 Å². The molecule has 0 heterocycles. The summed E-state index contributed by atoms with van der Waals surface area (Å²) in [7, 11) is 1.61. The first-order valence-electron chi connectivity index (χ1n) is 6.79. The van der Waals surface area contributed by atoms with E-state index < -0.39 is 6.10 Å². The molecule has 0 aromatic heterocycles. The number of nitrogens with one attached hydrogen (secondary N) is 1. The highest BCUT2D eigenvalue weighted by molar-refractivity contribution is 5.97. The van der Waals surface area contributed by atoms with Gasteiger partial charge in [-0.05, 0) is 38.5 Å². The molecule has 0 fully saturated rings. The lowest BCUT2D eigenvalue weighted by molar-refractivity contribution is -0.127. The summed E-state index contributed by atoms with van der Waals surface area (Å²) in [6, 6.07) is 4.77. The Morgan fingerprint density at radius 1 is 1.38 bits per heavy atom. The lowest BCUT2D eigenvalue weighted by Crippen LogP contribution is -2.37. The van der Waals surface area contributed by atoms with Gasteiger partial charge in [-0.1, -0.05) is 0 Å². The number of carbonyl (C=O) groups excluding carboxylic acids is 2. The van der Waals surface area contributed by atoms with Crippen LogP contribution in [0.15, 0.2) is 18.2 Å². The van der Waals surface area contributed by atoms with Crippen LogP contribution in [-0.4, -0.2) is 38.1 Å². The zero-order valence-corrected chi connectivity index (χ0v) is 12.6. The van der Waals surface area contributed by atoms with Gasteiger partial charge in [0.15, 0.2) is 11.9 Å². The Morgan fingerprint density at radius 2 is 2.10 bits per heavy atom. The predicted molar refractivity (Wildman–Crippen MR) is 80.5 cm³/mol. The van der Waals surface area contributed by atoms with E-state index in [2.05, 4.69) is 5.32 Å². The van der Waals surface area contributed by atoms with Gasteiger partial charge in [0.25, 0.3) is 5.91 Å². The maximum absolute atomic E-state index is 11.9. The molecule has 1 unspecified atom stereocenters. The highest BCUT2D eigenvalue weighted by atomic mass is 16.5. The van der Waals surface area contributed by atoms with Crippen LogP contribution in [0.1, 0.15) is 30.6 Å². The van der Waals surface area contributed by atoms with Gasteiger partial charge in [-0.25, -0.2) is 0 Å². The van der Waals surface area contributed by atoms with Gasteiger partial charge in [0.2, 0.25) is 0 Å². The molecule has 0 aliphatic heterocycles. The van der Waals surface area contributed by atoms with E-state index in [0.717, 1.165) is 6.42 Å². The lowest BCUT2D eigenvalue weighted by atomic mass is 10.1. The molecule has 6 heteroatoms. The third-order valence-corrected chi connectivity index (χ3v) is 2.88. The summed E-state index contributed by atoms with van der Waals surface area (Å²) < 4.78 is 10.5. The van der Waals surface area contributed by atoms with Crippen molar-refractivity contribution in [2.75, 3.05) is 26.0 Å². The second-order valence-electron chi connectivity index (χ2n) is 4.71. The number of amides is 1. The maximum Gasteiger partial charge on any atom is 0.260 e. The van der Waals surface area contributed by atoms with Crippen molar-refractivity contribution in [3.05, 3.63) is 23.8 Å². The van der Waals surface area contributed by atoms with Crippen LogP contribution in [0.4, 0.5) is 5.69 Å². The molecule has 1 amide bonds. The number of nitrogens with two attached hydrogens (primary N) is 1. The molecule has 1 aromatic rings. The van der Waals surface area contributed by atoms with Crippen LogP contribution in [-0.2, 0) is 9.53 Å². The summed E-state index contributed by atoms with van der Waals surface area (Å²) in [5.41, 5.74) is 6.50. The van der Waals surface area contributed by atoms with Crippen LogP contribution < -0.4 is 15.8 Å². The Kier molecular flexibility index (Phi) is 6.68. The number of hydrogen-bond acceptors (Lipinski definition) is 5. The van der Waals surface area contributed by atoms with Crippen LogP contribution in [0.5, 0.6) is 5.75 Å². The van der Waals surface area contributed by atoms with Gasteiger partial charge in [-0.3, -0.25) is 9.59 Å². The van der Waals surface area contributed by atoms with Gasteiger partial charge >= 0.3 is 0 Å². The van der Waals surface area contributed by atoms with Crippen LogP contribution in [0.2, 0.25) is 0 Å². The fourth-order valence-corrected chi connectivity index (χ4v) is 1.74. The zero-order chi connectivity index (χ0) is 15.8. The fourth-order valence-electron chi connectivity index (χ4n) is 1.74. The number of ether oxygens (including phenoxy) is 2. The van der Waals surface area contributed by atoms with E-state index in [1.54, 1.807) is 32.2 Å². The molecule has 6 nitrogen and oxygen atoms in total. The molecule has 1 aromatic carbocycles. The second kappa shape index (κ2) is 8.26. The summed E-state index contributed by atoms with van der Waals surface area (Å²) in [5.74, 6) is -0.0429. The van der Waals surface area contributed by atoms with Crippen molar-refractivity contribution in [3.63, 3.8) is 0 Å². The van der Waals surface area contributed by atoms with E-state index in [1.807, 2.05) is 0 Å². The number of ketones is 1. The molecule has 0 radical (unpaired) electrons. The maximum atomic E-state index is 11.9. The number of Topliss-reactive ketones (excluding diaryl/α,β-unsaturated/α-hetero) is 1. The van der Waals surface area contributed by atoms with Crippen molar-refractivity contribution in [2.45, 2.75) is 26.4 Å². The highest BCUT2D eigenvalue weighted by Crippen LogP contribution is 2.23. The van der Waals surface area contributed by atoms with E-state index >= 15 is 0 Å². The summed E-state index contributed by atoms with van der Waals surface area (Å²) in [6.07, 6.45) is 0.0319. The largest absolute Gasteiger partial charge is 0.480 e. The number of hydrogen-bond donors (Lipinski definition) is 2. The number of methoxy groups -OCH3 is 1. The first-order valence-corrected chi connectivity index (χ1v) is 6.79. The Morgan fingerprint density at radius 3 is 2.71 bits per heavy atom. The summed E-state index contributed by atoms with van der Waals surface area (Å²) in [6.45, 7) is 4.16. The number of anilines is 1. The number of benzene rings is 1. The minimum Gasteiger partial charge on any atom is -0.480 e. The molecule has 0 saturated carbocycles. The Bertz CT molecular complexity index is 502. The quantitative estimate of drug-likeness (QED) is 0.429. The van der Waals surface area contributed by atoms with Gasteiger partial charge in [-0.15, -0.1) is 0 Å². The van der Waals surface area contributed by atoms with Crippen molar-refractivity contribution in [3.8, 4) is 5.75 Å². The van der Waals surface area contributed by atoms with Gasteiger partial charge in [0.05, 0.1) is 5.56 Å². The summed E-state index contributed by atoms with van der Waals surface area (Å²) >= 11 is 0. The fraction of sp³-hybridized carbons (Fsp3) is 0.467.